The fourth-order valence-corrected chi connectivity index (χ4v) is 4.45. The molecule has 1 saturated heterocycles. The lowest BCUT2D eigenvalue weighted by atomic mass is 10.3. The lowest BCUT2D eigenvalue weighted by molar-refractivity contribution is 0.195. The maximum atomic E-state index is 14.2. The molecule has 1 aromatic heterocycles. The molecule has 1 aliphatic rings. The van der Waals surface area contributed by atoms with Gasteiger partial charge < -0.3 is 4.74 Å². The summed E-state index contributed by atoms with van der Waals surface area (Å²) in [4.78, 5) is 7.79. The number of nitrogens with zero attached hydrogens (tertiary/aromatic N) is 3. The van der Waals surface area contributed by atoms with E-state index in [1.807, 2.05) is 0 Å². The number of halogens is 2. The number of aryl methyl sites for hydroxylation is 1. The molecule has 2 heterocycles. The van der Waals surface area contributed by atoms with Crippen LogP contribution in [0.15, 0.2) is 35.5 Å². The zero-order chi connectivity index (χ0) is 18.0. The minimum atomic E-state index is -3.67. The Balaban J connectivity index is 1.74. The molecule has 0 radical (unpaired) electrons. The minimum absolute atomic E-state index is 0.125. The fourth-order valence-electron chi connectivity index (χ4n) is 2.66. The first-order valence-electron chi connectivity index (χ1n) is 7.83. The highest BCUT2D eigenvalue weighted by Gasteiger charge is 2.34. The summed E-state index contributed by atoms with van der Waals surface area (Å²) in [5.41, 5.74) is 0.270. The van der Waals surface area contributed by atoms with Gasteiger partial charge in [0.25, 0.3) is 5.88 Å². The molecule has 134 valence electrons. The van der Waals surface area contributed by atoms with E-state index in [-0.39, 0.29) is 29.6 Å². The van der Waals surface area contributed by atoms with Gasteiger partial charge in [-0.3, -0.25) is 0 Å². The van der Waals surface area contributed by atoms with Crippen molar-refractivity contribution in [2.45, 2.75) is 30.8 Å². The second-order valence-electron chi connectivity index (χ2n) is 5.64. The van der Waals surface area contributed by atoms with E-state index in [1.165, 1.54) is 22.8 Å². The van der Waals surface area contributed by atoms with Crippen LogP contribution in [0.1, 0.15) is 19.0 Å². The lowest BCUT2D eigenvalue weighted by Gasteiger charge is -2.17. The van der Waals surface area contributed by atoms with Crippen molar-refractivity contribution in [3.63, 3.8) is 0 Å². The van der Waals surface area contributed by atoms with Crippen LogP contribution in [0.2, 0.25) is 5.02 Å². The third kappa shape index (κ3) is 3.75. The highest BCUT2D eigenvalue weighted by molar-refractivity contribution is 7.89. The van der Waals surface area contributed by atoms with Crippen LogP contribution in [0, 0.1) is 5.82 Å². The number of benzene rings is 1. The molecular weight excluding hydrogens is 369 g/mol. The van der Waals surface area contributed by atoms with Crippen LogP contribution in [0.4, 0.5) is 4.39 Å². The molecule has 1 aliphatic heterocycles. The van der Waals surface area contributed by atoms with Gasteiger partial charge in [-0.1, -0.05) is 24.6 Å². The Morgan fingerprint density at radius 1 is 1.40 bits per heavy atom. The van der Waals surface area contributed by atoms with Crippen LogP contribution in [0.3, 0.4) is 0 Å². The number of hydrogen-bond acceptors (Lipinski definition) is 5. The first-order valence-corrected chi connectivity index (χ1v) is 9.65. The summed E-state index contributed by atoms with van der Waals surface area (Å²) in [6.45, 7) is 2.19. The summed E-state index contributed by atoms with van der Waals surface area (Å²) in [6.07, 6.45) is 1.64. The normalized spacial score (nSPS) is 18.4. The van der Waals surface area contributed by atoms with Crippen LogP contribution in [-0.4, -0.2) is 41.9 Å². The molecular formula is C16H17ClFN3O3S. The Hall–Kier alpha value is -1.77. The average molecular weight is 386 g/mol. The molecule has 9 heteroatoms. The van der Waals surface area contributed by atoms with Crippen molar-refractivity contribution in [2.75, 3.05) is 13.1 Å². The van der Waals surface area contributed by atoms with Gasteiger partial charge in [-0.2, -0.15) is 13.7 Å². The molecule has 2 aromatic rings. The van der Waals surface area contributed by atoms with Gasteiger partial charge >= 0.3 is 0 Å². The Bertz CT molecular complexity index is 879. The van der Waals surface area contributed by atoms with E-state index in [1.54, 1.807) is 19.1 Å². The summed E-state index contributed by atoms with van der Waals surface area (Å²) < 4.78 is 46.4. The summed E-state index contributed by atoms with van der Waals surface area (Å²) in [5.74, 6) is -0.736. The maximum absolute atomic E-state index is 14.2. The molecule has 1 atom stereocenters. The van der Waals surface area contributed by atoms with Crippen molar-refractivity contribution in [2.24, 2.45) is 0 Å². The highest BCUT2D eigenvalue weighted by atomic mass is 35.5. The predicted molar refractivity (Wildman–Crippen MR) is 90.6 cm³/mol. The van der Waals surface area contributed by atoms with Crippen LogP contribution < -0.4 is 4.74 Å². The number of ether oxygens (including phenoxy) is 1. The number of hydrogen-bond donors (Lipinski definition) is 0. The Labute approximate surface area is 150 Å². The van der Waals surface area contributed by atoms with Crippen LogP contribution in [0.5, 0.6) is 5.88 Å². The van der Waals surface area contributed by atoms with Crippen LogP contribution >= 0.6 is 11.6 Å². The molecule has 0 saturated carbocycles. The zero-order valence-electron chi connectivity index (χ0n) is 13.5. The van der Waals surface area contributed by atoms with E-state index in [9.17, 15) is 12.8 Å². The van der Waals surface area contributed by atoms with Gasteiger partial charge in [0.05, 0.1) is 17.1 Å². The summed E-state index contributed by atoms with van der Waals surface area (Å²) in [7, 11) is -3.67. The van der Waals surface area contributed by atoms with Crippen molar-refractivity contribution in [1.82, 2.24) is 14.3 Å². The molecule has 0 bridgehead atoms. The van der Waals surface area contributed by atoms with Crippen LogP contribution in [0.25, 0.3) is 0 Å². The zero-order valence-corrected chi connectivity index (χ0v) is 15.1. The second-order valence-corrected chi connectivity index (χ2v) is 8.02. The summed E-state index contributed by atoms with van der Waals surface area (Å²) in [6, 6.07) is 6.09. The molecule has 0 amide bonds. The van der Waals surface area contributed by atoms with E-state index in [0.29, 0.717) is 17.9 Å². The van der Waals surface area contributed by atoms with E-state index in [2.05, 4.69) is 9.97 Å². The second kappa shape index (κ2) is 7.23. The van der Waals surface area contributed by atoms with Gasteiger partial charge in [0.1, 0.15) is 12.4 Å². The third-order valence-electron chi connectivity index (χ3n) is 3.98. The number of aromatic nitrogens is 2. The SMILES string of the molecule is CCc1ncnc(OC2CCN(S(=O)(=O)c3cccc(Cl)c3)C2)c1F. The highest BCUT2D eigenvalue weighted by Crippen LogP contribution is 2.26. The van der Waals surface area contributed by atoms with E-state index in [4.69, 9.17) is 16.3 Å². The van der Waals surface area contributed by atoms with Crippen molar-refractivity contribution < 1.29 is 17.5 Å². The van der Waals surface area contributed by atoms with E-state index in [0.717, 1.165) is 0 Å². The maximum Gasteiger partial charge on any atom is 0.254 e. The van der Waals surface area contributed by atoms with E-state index < -0.39 is 21.9 Å². The van der Waals surface area contributed by atoms with Crippen molar-refractivity contribution in [3.05, 3.63) is 47.1 Å². The van der Waals surface area contributed by atoms with Gasteiger partial charge in [0.15, 0.2) is 0 Å². The Morgan fingerprint density at radius 3 is 2.92 bits per heavy atom. The summed E-state index contributed by atoms with van der Waals surface area (Å²) >= 11 is 5.88. The van der Waals surface area contributed by atoms with Gasteiger partial charge in [-0.15, -0.1) is 0 Å². The molecule has 1 unspecified atom stereocenters. The smallest absolute Gasteiger partial charge is 0.254 e. The molecule has 0 N–H and O–H groups in total. The number of rotatable bonds is 5. The summed E-state index contributed by atoms with van der Waals surface area (Å²) in [5, 5.41) is 0.350. The first kappa shape index (κ1) is 18.0. The van der Waals surface area contributed by atoms with Gasteiger partial charge in [-0.25, -0.2) is 13.4 Å². The van der Waals surface area contributed by atoms with Crippen molar-refractivity contribution >= 4 is 21.6 Å². The van der Waals surface area contributed by atoms with Gasteiger partial charge in [0.2, 0.25) is 15.8 Å². The molecule has 0 aliphatic carbocycles. The Kier molecular flexibility index (Phi) is 5.21. The Morgan fingerprint density at radius 2 is 2.20 bits per heavy atom. The average Bonchev–Trinajstić information content (AvgIpc) is 3.06. The lowest BCUT2D eigenvalue weighted by Crippen LogP contribution is -2.31. The molecule has 6 nitrogen and oxygen atoms in total. The molecule has 25 heavy (non-hydrogen) atoms. The third-order valence-corrected chi connectivity index (χ3v) is 6.08. The topological polar surface area (TPSA) is 72.4 Å². The molecule has 1 fully saturated rings. The molecule has 3 rings (SSSR count). The van der Waals surface area contributed by atoms with Gasteiger partial charge in [-0.05, 0) is 31.0 Å². The first-order chi connectivity index (χ1) is 11.9. The standard InChI is InChI=1S/C16H17ClFN3O3S/c1-2-14-15(18)16(20-10-19-14)24-12-6-7-21(9-12)25(22,23)13-5-3-4-11(17)8-13/h3-5,8,10,12H,2,6-7,9H2,1H3. The van der Waals surface area contributed by atoms with Crippen LogP contribution in [-0.2, 0) is 16.4 Å². The predicted octanol–water partition coefficient (Wildman–Crippen LogP) is 2.67. The monoisotopic (exact) mass is 385 g/mol. The quantitative estimate of drug-likeness (QED) is 0.791. The van der Waals surface area contributed by atoms with Crippen molar-refractivity contribution in [1.29, 1.82) is 0 Å². The number of sulfonamides is 1. The molecule has 1 aromatic carbocycles. The van der Waals surface area contributed by atoms with Crippen molar-refractivity contribution in [3.8, 4) is 5.88 Å². The van der Waals surface area contributed by atoms with Gasteiger partial charge in [0, 0.05) is 11.6 Å². The molecule has 0 spiro atoms. The minimum Gasteiger partial charge on any atom is -0.471 e. The van der Waals surface area contributed by atoms with E-state index >= 15 is 0 Å². The largest absolute Gasteiger partial charge is 0.471 e. The fraction of sp³-hybridized carbons (Fsp3) is 0.375.